The van der Waals surface area contributed by atoms with Crippen LogP contribution in [-0.2, 0) is 10.3 Å². The van der Waals surface area contributed by atoms with Crippen LogP contribution in [-0.4, -0.2) is 17.1 Å². The van der Waals surface area contributed by atoms with Crippen molar-refractivity contribution < 1.29 is 4.74 Å². The molecule has 2 heterocycles. The summed E-state index contributed by atoms with van der Waals surface area (Å²) in [6, 6.07) is 12.5. The fourth-order valence-electron chi connectivity index (χ4n) is 3.68. The molecule has 4 rings (SSSR count). The van der Waals surface area contributed by atoms with E-state index in [0.717, 1.165) is 40.3 Å². The number of pyridine rings is 2. The lowest BCUT2D eigenvalue weighted by molar-refractivity contribution is -0.0476. The summed E-state index contributed by atoms with van der Waals surface area (Å²) >= 11 is 0. The third-order valence-corrected chi connectivity index (χ3v) is 4.96. The van der Waals surface area contributed by atoms with Crippen LogP contribution < -0.4 is 0 Å². The maximum Gasteiger partial charge on any atom is 0.110 e. The van der Waals surface area contributed by atoms with E-state index in [9.17, 15) is 0 Å². The Balaban J connectivity index is 1.94. The van der Waals surface area contributed by atoms with Gasteiger partial charge in [0.15, 0.2) is 0 Å². The molecule has 0 unspecified atom stereocenters. The van der Waals surface area contributed by atoms with Crippen molar-refractivity contribution in [2.24, 2.45) is 0 Å². The Labute approximate surface area is 130 Å². The van der Waals surface area contributed by atoms with Gasteiger partial charge in [-0.05, 0) is 37.1 Å². The highest BCUT2D eigenvalue weighted by Gasteiger charge is 2.35. The van der Waals surface area contributed by atoms with Crippen LogP contribution in [0.1, 0.15) is 37.8 Å². The molecule has 0 atom stereocenters. The Bertz CT molecular complexity index is 822. The number of fused-ring (bicyclic) bond motifs is 3. The van der Waals surface area contributed by atoms with Gasteiger partial charge in [0.2, 0.25) is 0 Å². The van der Waals surface area contributed by atoms with Crippen LogP contribution in [0.25, 0.3) is 21.8 Å². The molecule has 3 aromatic rings. The summed E-state index contributed by atoms with van der Waals surface area (Å²) in [5.41, 5.74) is 2.88. The van der Waals surface area contributed by atoms with E-state index in [1.54, 1.807) is 0 Å². The highest BCUT2D eigenvalue weighted by atomic mass is 16.5. The second-order valence-corrected chi connectivity index (χ2v) is 6.16. The molecule has 3 heteroatoms. The van der Waals surface area contributed by atoms with Crippen LogP contribution in [0.3, 0.4) is 0 Å². The number of methoxy groups -OCH3 is 1. The monoisotopic (exact) mass is 292 g/mol. The molecule has 0 aliphatic heterocycles. The van der Waals surface area contributed by atoms with Gasteiger partial charge < -0.3 is 4.74 Å². The van der Waals surface area contributed by atoms with Crippen LogP contribution in [0.5, 0.6) is 0 Å². The molecule has 1 aliphatic rings. The minimum atomic E-state index is -0.211. The van der Waals surface area contributed by atoms with Gasteiger partial charge in [0.25, 0.3) is 0 Å². The van der Waals surface area contributed by atoms with Crippen LogP contribution in [0.15, 0.2) is 42.6 Å². The summed E-state index contributed by atoms with van der Waals surface area (Å²) in [5, 5.41) is 2.27. The summed E-state index contributed by atoms with van der Waals surface area (Å²) in [6.45, 7) is 0. The number of hydrogen-bond acceptors (Lipinski definition) is 3. The lowest BCUT2D eigenvalue weighted by atomic mass is 9.81. The van der Waals surface area contributed by atoms with E-state index >= 15 is 0 Å². The number of hydrogen-bond donors (Lipinski definition) is 0. The third-order valence-electron chi connectivity index (χ3n) is 4.96. The minimum absolute atomic E-state index is 0.211. The standard InChI is InChI=1S/C19H20N2O/c1-22-19(11-3-2-4-12-19)17-10-8-14-7-9-16-15(18(14)21-17)6-5-13-20-16/h5-10,13H,2-4,11-12H2,1H3. The van der Waals surface area contributed by atoms with Crippen molar-refractivity contribution in [3.63, 3.8) is 0 Å². The van der Waals surface area contributed by atoms with Gasteiger partial charge in [-0.3, -0.25) is 4.98 Å². The quantitative estimate of drug-likeness (QED) is 0.648. The predicted octanol–water partition coefficient (Wildman–Crippen LogP) is 4.59. The molecule has 0 bridgehead atoms. The molecule has 1 aromatic carbocycles. The van der Waals surface area contributed by atoms with Gasteiger partial charge in [-0.25, -0.2) is 4.98 Å². The van der Waals surface area contributed by atoms with E-state index in [1.807, 2.05) is 19.4 Å². The topological polar surface area (TPSA) is 35.0 Å². The van der Waals surface area contributed by atoms with E-state index in [2.05, 4.69) is 35.3 Å². The van der Waals surface area contributed by atoms with E-state index in [-0.39, 0.29) is 5.60 Å². The fourth-order valence-corrected chi connectivity index (χ4v) is 3.68. The molecule has 1 saturated carbocycles. The van der Waals surface area contributed by atoms with Crippen LogP contribution in [0.2, 0.25) is 0 Å². The summed E-state index contributed by atoms with van der Waals surface area (Å²) in [5.74, 6) is 0. The average Bonchev–Trinajstić information content (AvgIpc) is 2.61. The molecule has 22 heavy (non-hydrogen) atoms. The number of benzene rings is 1. The maximum atomic E-state index is 5.95. The Morgan fingerprint density at radius 3 is 2.64 bits per heavy atom. The molecule has 1 aliphatic carbocycles. The first-order chi connectivity index (χ1) is 10.8. The number of rotatable bonds is 2. The molecule has 0 spiro atoms. The van der Waals surface area contributed by atoms with Crippen molar-refractivity contribution in [2.45, 2.75) is 37.7 Å². The maximum absolute atomic E-state index is 5.95. The van der Waals surface area contributed by atoms with E-state index in [1.165, 1.54) is 19.3 Å². The predicted molar refractivity (Wildman–Crippen MR) is 88.8 cm³/mol. The zero-order valence-electron chi connectivity index (χ0n) is 12.9. The lowest BCUT2D eigenvalue weighted by Crippen LogP contribution is -2.32. The molecule has 0 N–H and O–H groups in total. The smallest absolute Gasteiger partial charge is 0.110 e. The first-order valence-electron chi connectivity index (χ1n) is 8.03. The van der Waals surface area contributed by atoms with Gasteiger partial charge >= 0.3 is 0 Å². The molecular formula is C19H20N2O. The Morgan fingerprint density at radius 2 is 1.82 bits per heavy atom. The van der Waals surface area contributed by atoms with Crippen molar-refractivity contribution >= 4 is 21.8 Å². The van der Waals surface area contributed by atoms with Crippen LogP contribution in [0.4, 0.5) is 0 Å². The van der Waals surface area contributed by atoms with Gasteiger partial charge in [-0.2, -0.15) is 0 Å². The Morgan fingerprint density at radius 1 is 1.00 bits per heavy atom. The summed E-state index contributed by atoms with van der Waals surface area (Å²) in [4.78, 5) is 9.44. The second-order valence-electron chi connectivity index (χ2n) is 6.16. The van der Waals surface area contributed by atoms with Gasteiger partial charge in [0.05, 0.1) is 16.7 Å². The van der Waals surface area contributed by atoms with Gasteiger partial charge in [0, 0.05) is 24.1 Å². The van der Waals surface area contributed by atoms with Crippen molar-refractivity contribution in [1.29, 1.82) is 0 Å². The van der Waals surface area contributed by atoms with Crippen molar-refractivity contribution in [1.82, 2.24) is 9.97 Å². The van der Waals surface area contributed by atoms with Crippen molar-refractivity contribution in [3.8, 4) is 0 Å². The first kappa shape index (κ1) is 13.6. The van der Waals surface area contributed by atoms with E-state index < -0.39 is 0 Å². The lowest BCUT2D eigenvalue weighted by Gasteiger charge is -2.35. The first-order valence-corrected chi connectivity index (χ1v) is 8.03. The summed E-state index contributed by atoms with van der Waals surface area (Å²) in [7, 11) is 1.82. The van der Waals surface area contributed by atoms with Crippen molar-refractivity contribution in [2.75, 3.05) is 7.11 Å². The fraction of sp³-hybridized carbons (Fsp3) is 0.368. The summed E-state index contributed by atoms with van der Waals surface area (Å²) in [6.07, 6.45) is 7.67. The largest absolute Gasteiger partial charge is 0.372 e. The van der Waals surface area contributed by atoms with E-state index in [4.69, 9.17) is 9.72 Å². The van der Waals surface area contributed by atoms with Gasteiger partial charge in [-0.1, -0.05) is 31.4 Å². The van der Waals surface area contributed by atoms with Crippen LogP contribution in [0, 0.1) is 0 Å². The van der Waals surface area contributed by atoms with Crippen LogP contribution >= 0.6 is 0 Å². The van der Waals surface area contributed by atoms with Gasteiger partial charge in [-0.15, -0.1) is 0 Å². The molecule has 0 saturated heterocycles. The average molecular weight is 292 g/mol. The highest BCUT2D eigenvalue weighted by Crippen LogP contribution is 2.40. The van der Waals surface area contributed by atoms with E-state index in [0.29, 0.717) is 0 Å². The SMILES string of the molecule is COC1(c2ccc3ccc4ncccc4c3n2)CCCCC1. The Kier molecular flexibility index (Phi) is 3.30. The molecule has 112 valence electrons. The minimum Gasteiger partial charge on any atom is -0.372 e. The molecule has 1 fully saturated rings. The van der Waals surface area contributed by atoms with Crippen molar-refractivity contribution in [3.05, 3.63) is 48.3 Å². The zero-order valence-corrected chi connectivity index (χ0v) is 12.9. The second kappa shape index (κ2) is 5.33. The zero-order chi connectivity index (χ0) is 15.0. The highest BCUT2D eigenvalue weighted by molar-refractivity contribution is 6.03. The van der Waals surface area contributed by atoms with Gasteiger partial charge in [0.1, 0.15) is 5.60 Å². The molecule has 2 aromatic heterocycles. The summed E-state index contributed by atoms with van der Waals surface area (Å²) < 4.78 is 5.95. The number of nitrogens with zero attached hydrogens (tertiary/aromatic N) is 2. The molecule has 3 nitrogen and oxygen atoms in total. The Hall–Kier alpha value is -2.00. The molecular weight excluding hydrogens is 272 g/mol. The number of ether oxygens (including phenoxy) is 1. The molecule has 0 radical (unpaired) electrons. The normalized spacial score (nSPS) is 17.9. The third kappa shape index (κ3) is 2.08. The molecule has 0 amide bonds. The number of aromatic nitrogens is 2.